The predicted molar refractivity (Wildman–Crippen MR) is 133 cm³/mol. The van der Waals surface area contributed by atoms with Crippen molar-refractivity contribution in [1.29, 1.82) is 0 Å². The summed E-state index contributed by atoms with van der Waals surface area (Å²) in [5, 5.41) is 11.8. The van der Waals surface area contributed by atoms with E-state index in [2.05, 4.69) is 13.8 Å². The molecule has 1 saturated heterocycles. The molecule has 1 unspecified atom stereocenters. The number of hydrogen-bond acceptors (Lipinski definition) is 6. The number of piperidine rings is 1. The largest absolute Gasteiger partial charge is 0.466 e. The smallest absolute Gasteiger partial charge is 0.310 e. The molecule has 1 aliphatic rings. The lowest BCUT2D eigenvalue weighted by Gasteiger charge is -2.30. The van der Waals surface area contributed by atoms with E-state index in [9.17, 15) is 19.7 Å². The highest BCUT2D eigenvalue weighted by molar-refractivity contribution is 7.99. The molecule has 1 amide bonds. The Bertz CT molecular complexity index is 1080. The van der Waals surface area contributed by atoms with Crippen molar-refractivity contribution < 1.29 is 19.2 Å². The first-order valence-corrected chi connectivity index (χ1v) is 12.3. The fourth-order valence-electron chi connectivity index (χ4n) is 3.94. The van der Waals surface area contributed by atoms with Crippen LogP contribution in [0.3, 0.4) is 0 Å². The third-order valence-electron chi connectivity index (χ3n) is 5.71. The van der Waals surface area contributed by atoms with Gasteiger partial charge in [0.2, 0.25) is 5.91 Å². The monoisotopic (exact) mass is 482 g/mol. The fourth-order valence-corrected chi connectivity index (χ4v) is 5.12. The highest BCUT2D eigenvalue weighted by Crippen LogP contribution is 2.39. The molecule has 1 heterocycles. The van der Waals surface area contributed by atoms with Crippen LogP contribution in [-0.2, 0) is 14.3 Å². The van der Waals surface area contributed by atoms with Gasteiger partial charge in [-0.15, -0.1) is 0 Å². The quantitative estimate of drug-likeness (QED) is 0.208. The molecule has 34 heavy (non-hydrogen) atoms. The number of nitrogens with zero attached hydrogens (tertiary/aromatic N) is 2. The molecule has 0 aromatic heterocycles. The van der Waals surface area contributed by atoms with Crippen LogP contribution in [0, 0.1) is 16.0 Å². The average molecular weight is 483 g/mol. The molecule has 2 aromatic carbocycles. The molecule has 0 radical (unpaired) electrons. The summed E-state index contributed by atoms with van der Waals surface area (Å²) in [6.07, 6.45) is 4.43. The normalized spacial score (nSPS) is 16.1. The summed E-state index contributed by atoms with van der Waals surface area (Å²) in [5.74, 6) is -0.501. The lowest BCUT2D eigenvalue weighted by Crippen LogP contribution is -2.42. The summed E-state index contributed by atoms with van der Waals surface area (Å²) in [6, 6.07) is 12.9. The van der Waals surface area contributed by atoms with Gasteiger partial charge >= 0.3 is 5.97 Å². The zero-order valence-corrected chi connectivity index (χ0v) is 20.5. The van der Waals surface area contributed by atoms with E-state index in [1.165, 1.54) is 23.9 Å². The fraction of sp³-hybridized carbons (Fsp3) is 0.385. The molecule has 3 rings (SSSR count). The van der Waals surface area contributed by atoms with Crippen molar-refractivity contribution in [3.8, 4) is 0 Å². The van der Waals surface area contributed by atoms with Crippen molar-refractivity contribution in [2.45, 2.75) is 49.3 Å². The number of likely N-dealkylation sites (tertiary alicyclic amines) is 1. The van der Waals surface area contributed by atoms with E-state index in [-0.39, 0.29) is 23.5 Å². The average Bonchev–Trinajstić information content (AvgIpc) is 2.83. The van der Waals surface area contributed by atoms with Crippen molar-refractivity contribution in [2.75, 3.05) is 19.7 Å². The van der Waals surface area contributed by atoms with Crippen LogP contribution in [0.1, 0.15) is 50.7 Å². The SMILES string of the molecule is CCOC(=O)C1CCCN(C(=O)C=Cc2ccc(Sc3ccccc3C(C)C)c([N+](=O)[O-])c2)C1. The third kappa shape index (κ3) is 6.47. The van der Waals surface area contributed by atoms with Crippen molar-refractivity contribution in [2.24, 2.45) is 5.92 Å². The summed E-state index contributed by atoms with van der Waals surface area (Å²) in [5.41, 5.74) is 1.71. The molecule has 1 aliphatic heterocycles. The standard InChI is InChI=1S/C26H30N2O5S/c1-4-33-26(30)20-8-7-15-27(17-20)25(29)14-12-19-11-13-24(22(16-19)28(31)32)34-23-10-6-5-9-21(23)18(2)3/h5-6,9-14,16,18,20H,4,7-8,15,17H2,1-3H3. The summed E-state index contributed by atoms with van der Waals surface area (Å²) in [7, 11) is 0. The molecule has 0 N–H and O–H groups in total. The molecule has 0 aliphatic carbocycles. The molecule has 2 aromatic rings. The lowest BCUT2D eigenvalue weighted by atomic mass is 9.98. The molecule has 1 atom stereocenters. The third-order valence-corrected chi connectivity index (χ3v) is 6.87. The Balaban J connectivity index is 1.74. The van der Waals surface area contributed by atoms with Crippen LogP contribution < -0.4 is 0 Å². The van der Waals surface area contributed by atoms with E-state index in [0.29, 0.717) is 42.5 Å². The maximum atomic E-state index is 12.7. The van der Waals surface area contributed by atoms with E-state index in [1.54, 1.807) is 30.0 Å². The van der Waals surface area contributed by atoms with Crippen LogP contribution in [0.5, 0.6) is 0 Å². The van der Waals surface area contributed by atoms with Gasteiger partial charge in [0.15, 0.2) is 0 Å². The number of rotatable bonds is 8. The number of nitro benzene ring substituents is 1. The summed E-state index contributed by atoms with van der Waals surface area (Å²) >= 11 is 1.38. The van der Waals surface area contributed by atoms with Gasteiger partial charge in [0.25, 0.3) is 5.69 Å². The van der Waals surface area contributed by atoms with Gasteiger partial charge in [-0.05, 0) is 55.0 Å². The van der Waals surface area contributed by atoms with E-state index < -0.39 is 4.92 Å². The number of benzene rings is 2. The zero-order chi connectivity index (χ0) is 24.7. The van der Waals surface area contributed by atoms with Gasteiger partial charge in [-0.1, -0.05) is 49.9 Å². The zero-order valence-electron chi connectivity index (χ0n) is 19.7. The van der Waals surface area contributed by atoms with Crippen molar-refractivity contribution >= 4 is 35.4 Å². The van der Waals surface area contributed by atoms with E-state index in [1.807, 2.05) is 24.3 Å². The maximum Gasteiger partial charge on any atom is 0.310 e. The minimum absolute atomic E-state index is 0.00138. The summed E-state index contributed by atoms with van der Waals surface area (Å²) < 4.78 is 5.09. The van der Waals surface area contributed by atoms with Gasteiger partial charge in [0.1, 0.15) is 0 Å². The first-order chi connectivity index (χ1) is 16.3. The second-order valence-electron chi connectivity index (χ2n) is 8.49. The number of hydrogen-bond donors (Lipinski definition) is 0. The Morgan fingerprint density at radius 3 is 2.71 bits per heavy atom. The lowest BCUT2D eigenvalue weighted by molar-refractivity contribution is -0.387. The van der Waals surface area contributed by atoms with Crippen LogP contribution in [0.15, 0.2) is 58.3 Å². The number of amides is 1. The molecule has 0 saturated carbocycles. The van der Waals surface area contributed by atoms with Crippen LogP contribution in [0.2, 0.25) is 0 Å². The maximum absolute atomic E-state index is 12.7. The molecular weight excluding hydrogens is 452 g/mol. The van der Waals surface area contributed by atoms with Gasteiger partial charge in [0.05, 0.1) is 22.3 Å². The summed E-state index contributed by atoms with van der Waals surface area (Å²) in [6.45, 7) is 7.17. The molecular formula is C26H30N2O5S. The van der Waals surface area contributed by atoms with Gasteiger partial charge in [0, 0.05) is 30.1 Å². The Labute approximate surface area is 204 Å². The van der Waals surface area contributed by atoms with Crippen molar-refractivity contribution in [3.05, 3.63) is 69.8 Å². The van der Waals surface area contributed by atoms with Gasteiger partial charge in [-0.3, -0.25) is 19.7 Å². The Hall–Kier alpha value is -3.13. The number of nitro groups is 1. The van der Waals surface area contributed by atoms with E-state index in [4.69, 9.17) is 4.74 Å². The second kappa shape index (κ2) is 11.8. The van der Waals surface area contributed by atoms with Crippen molar-refractivity contribution in [3.63, 3.8) is 0 Å². The second-order valence-corrected chi connectivity index (χ2v) is 9.57. The van der Waals surface area contributed by atoms with Gasteiger partial charge in [-0.25, -0.2) is 0 Å². The number of carbonyl (C=O) groups excluding carboxylic acids is 2. The minimum Gasteiger partial charge on any atom is -0.466 e. The molecule has 8 heteroatoms. The van der Waals surface area contributed by atoms with Gasteiger partial charge in [-0.2, -0.15) is 0 Å². The van der Waals surface area contributed by atoms with E-state index in [0.717, 1.165) is 16.9 Å². The molecule has 180 valence electrons. The Kier molecular flexibility index (Phi) is 8.87. The molecule has 0 bridgehead atoms. The highest BCUT2D eigenvalue weighted by Gasteiger charge is 2.28. The van der Waals surface area contributed by atoms with Crippen LogP contribution in [0.4, 0.5) is 5.69 Å². The van der Waals surface area contributed by atoms with Crippen LogP contribution in [-0.4, -0.2) is 41.4 Å². The first-order valence-electron chi connectivity index (χ1n) is 11.5. The predicted octanol–water partition coefficient (Wildman–Crippen LogP) is 5.68. The topological polar surface area (TPSA) is 89.8 Å². The molecule has 0 spiro atoms. The van der Waals surface area contributed by atoms with Crippen LogP contribution >= 0.6 is 11.8 Å². The van der Waals surface area contributed by atoms with Gasteiger partial charge < -0.3 is 9.64 Å². The minimum atomic E-state index is -0.395. The number of carbonyl (C=O) groups is 2. The summed E-state index contributed by atoms with van der Waals surface area (Å²) in [4.78, 5) is 39.2. The van der Waals surface area contributed by atoms with Crippen molar-refractivity contribution in [1.82, 2.24) is 4.90 Å². The number of ether oxygens (including phenoxy) is 1. The Morgan fingerprint density at radius 1 is 1.24 bits per heavy atom. The number of esters is 1. The molecule has 1 fully saturated rings. The van der Waals surface area contributed by atoms with Crippen LogP contribution in [0.25, 0.3) is 6.08 Å². The van der Waals surface area contributed by atoms with E-state index >= 15 is 0 Å². The first kappa shape index (κ1) is 25.5. The highest BCUT2D eigenvalue weighted by atomic mass is 32.2. The Morgan fingerprint density at radius 2 is 2.00 bits per heavy atom. The molecule has 7 nitrogen and oxygen atoms in total.